The first-order valence-corrected chi connectivity index (χ1v) is 9.80. The molecule has 0 aliphatic carbocycles. The van der Waals surface area contributed by atoms with E-state index in [2.05, 4.69) is 44.8 Å². The lowest BCUT2D eigenvalue weighted by Gasteiger charge is -2.18. The van der Waals surface area contributed by atoms with Crippen LogP contribution in [0.5, 0.6) is 0 Å². The molecular formula is C23H24N6O. The Bertz CT molecular complexity index is 1100. The van der Waals surface area contributed by atoms with E-state index in [0.717, 1.165) is 22.5 Å². The van der Waals surface area contributed by atoms with E-state index in [0.29, 0.717) is 18.4 Å². The van der Waals surface area contributed by atoms with Crippen molar-refractivity contribution in [2.24, 2.45) is 4.99 Å². The van der Waals surface area contributed by atoms with Gasteiger partial charge in [-0.25, -0.2) is 9.67 Å². The van der Waals surface area contributed by atoms with Gasteiger partial charge in [-0.1, -0.05) is 30.3 Å². The zero-order chi connectivity index (χ0) is 20.8. The zero-order valence-corrected chi connectivity index (χ0v) is 17.0. The highest BCUT2D eigenvalue weighted by atomic mass is 16.3. The van der Waals surface area contributed by atoms with Gasteiger partial charge in [0.1, 0.15) is 6.26 Å². The van der Waals surface area contributed by atoms with E-state index in [4.69, 9.17) is 4.42 Å². The zero-order valence-electron chi connectivity index (χ0n) is 17.0. The van der Waals surface area contributed by atoms with Gasteiger partial charge in [-0.2, -0.15) is 5.10 Å². The molecule has 0 spiro atoms. The Morgan fingerprint density at radius 3 is 2.77 bits per heavy atom. The maximum Gasteiger partial charge on any atom is 0.226 e. The molecule has 0 saturated heterocycles. The van der Waals surface area contributed by atoms with E-state index in [9.17, 15) is 0 Å². The molecule has 1 unspecified atom stereocenters. The molecule has 4 rings (SSSR count). The van der Waals surface area contributed by atoms with Crippen molar-refractivity contribution in [2.75, 3.05) is 7.05 Å². The summed E-state index contributed by atoms with van der Waals surface area (Å²) in [6.07, 6.45) is 5.37. The van der Waals surface area contributed by atoms with Crippen molar-refractivity contribution in [2.45, 2.75) is 19.5 Å². The lowest BCUT2D eigenvalue weighted by molar-refractivity contribution is 0.572. The smallest absolute Gasteiger partial charge is 0.226 e. The first kappa shape index (κ1) is 19.4. The molecule has 2 N–H and O–H groups in total. The average molecular weight is 400 g/mol. The minimum atomic E-state index is 0.0592. The quantitative estimate of drug-likeness (QED) is 0.378. The fourth-order valence-electron chi connectivity index (χ4n) is 3.12. The monoisotopic (exact) mass is 400 g/mol. The minimum Gasteiger partial charge on any atom is -0.444 e. The predicted molar refractivity (Wildman–Crippen MR) is 117 cm³/mol. The molecule has 4 aromatic rings. The van der Waals surface area contributed by atoms with Gasteiger partial charge in [-0.15, -0.1) is 0 Å². The summed E-state index contributed by atoms with van der Waals surface area (Å²) in [5, 5.41) is 11.0. The van der Waals surface area contributed by atoms with Gasteiger partial charge in [-0.3, -0.25) is 4.99 Å². The Balaban J connectivity index is 1.37. The number of guanidine groups is 1. The highest BCUT2D eigenvalue weighted by Gasteiger charge is 2.11. The van der Waals surface area contributed by atoms with E-state index < -0.39 is 0 Å². The topological polar surface area (TPSA) is 80.3 Å². The molecule has 0 amide bonds. The molecule has 0 aliphatic heterocycles. The van der Waals surface area contributed by atoms with Crippen LogP contribution in [0.2, 0.25) is 0 Å². The van der Waals surface area contributed by atoms with Gasteiger partial charge in [0.2, 0.25) is 5.89 Å². The molecular weight excluding hydrogens is 376 g/mol. The number of hydrogen-bond donors (Lipinski definition) is 2. The molecule has 0 saturated carbocycles. The molecule has 2 heterocycles. The van der Waals surface area contributed by atoms with Crippen molar-refractivity contribution in [1.82, 2.24) is 25.4 Å². The molecule has 7 nitrogen and oxygen atoms in total. The number of benzene rings is 2. The molecule has 2 aromatic carbocycles. The van der Waals surface area contributed by atoms with Gasteiger partial charge in [0, 0.05) is 25.0 Å². The number of oxazole rings is 1. The summed E-state index contributed by atoms with van der Waals surface area (Å²) in [6.45, 7) is 2.61. The lowest BCUT2D eigenvalue weighted by Crippen LogP contribution is -2.38. The van der Waals surface area contributed by atoms with Crippen LogP contribution < -0.4 is 10.6 Å². The van der Waals surface area contributed by atoms with Crippen molar-refractivity contribution in [3.63, 3.8) is 0 Å². The summed E-state index contributed by atoms with van der Waals surface area (Å²) in [6, 6.07) is 20.1. The van der Waals surface area contributed by atoms with Crippen molar-refractivity contribution < 1.29 is 4.42 Å². The third-order valence-corrected chi connectivity index (χ3v) is 4.73. The summed E-state index contributed by atoms with van der Waals surface area (Å²) in [7, 11) is 1.75. The van der Waals surface area contributed by atoms with Crippen LogP contribution >= 0.6 is 0 Å². The van der Waals surface area contributed by atoms with Crippen molar-refractivity contribution >= 4 is 5.96 Å². The number of nitrogens with one attached hydrogen (secondary N) is 2. The van der Waals surface area contributed by atoms with Crippen molar-refractivity contribution in [1.29, 1.82) is 0 Å². The fourth-order valence-corrected chi connectivity index (χ4v) is 3.12. The molecule has 0 fully saturated rings. The maximum atomic E-state index is 5.60. The molecule has 152 valence electrons. The third-order valence-electron chi connectivity index (χ3n) is 4.73. The first-order valence-electron chi connectivity index (χ1n) is 9.80. The number of aromatic nitrogens is 3. The van der Waals surface area contributed by atoms with E-state index in [1.807, 2.05) is 59.4 Å². The van der Waals surface area contributed by atoms with Gasteiger partial charge in [0.05, 0.1) is 24.0 Å². The highest BCUT2D eigenvalue weighted by molar-refractivity contribution is 5.80. The SMILES string of the molecule is CN=C(NCc1coc(-c2ccccc2)n1)NC(C)c1cccc(-n2cccn2)c1. The normalized spacial score (nSPS) is 12.5. The number of aliphatic imine (C=N–C) groups is 1. The summed E-state index contributed by atoms with van der Waals surface area (Å²) < 4.78 is 7.44. The molecule has 0 aliphatic rings. The Morgan fingerprint density at radius 1 is 1.13 bits per heavy atom. The van der Waals surface area contributed by atoms with Crippen LogP contribution in [0.1, 0.15) is 24.2 Å². The Morgan fingerprint density at radius 2 is 2.00 bits per heavy atom. The van der Waals surface area contributed by atoms with E-state index >= 15 is 0 Å². The standard InChI is InChI=1S/C23H24N6O/c1-17(19-10-6-11-21(14-19)29-13-7-12-26-29)27-23(24-2)25-15-20-16-30-22(28-20)18-8-4-3-5-9-18/h3-14,16-17H,15H2,1-2H3,(H2,24,25,27). The molecule has 7 heteroatoms. The second-order valence-electron chi connectivity index (χ2n) is 6.85. The Labute approximate surface area is 175 Å². The fraction of sp³-hybridized carbons (Fsp3) is 0.174. The van der Waals surface area contributed by atoms with Crippen LogP contribution in [0.4, 0.5) is 0 Å². The van der Waals surface area contributed by atoms with Crippen LogP contribution in [0, 0.1) is 0 Å². The van der Waals surface area contributed by atoms with Gasteiger partial charge in [-0.05, 0) is 42.8 Å². The molecule has 2 aromatic heterocycles. The molecule has 1 atom stereocenters. The largest absolute Gasteiger partial charge is 0.444 e. The van der Waals surface area contributed by atoms with Crippen LogP contribution in [-0.4, -0.2) is 27.8 Å². The number of hydrogen-bond acceptors (Lipinski definition) is 4. The van der Waals surface area contributed by atoms with Gasteiger partial charge in [0.25, 0.3) is 0 Å². The van der Waals surface area contributed by atoms with E-state index in [-0.39, 0.29) is 6.04 Å². The molecule has 30 heavy (non-hydrogen) atoms. The number of nitrogens with zero attached hydrogens (tertiary/aromatic N) is 4. The van der Waals surface area contributed by atoms with Crippen molar-refractivity contribution in [3.8, 4) is 17.1 Å². The van der Waals surface area contributed by atoms with E-state index in [1.54, 1.807) is 19.5 Å². The van der Waals surface area contributed by atoms with Crippen LogP contribution in [-0.2, 0) is 6.54 Å². The summed E-state index contributed by atoms with van der Waals surface area (Å²) >= 11 is 0. The van der Waals surface area contributed by atoms with Gasteiger partial charge >= 0.3 is 0 Å². The predicted octanol–water partition coefficient (Wildman–Crippen LogP) is 3.95. The van der Waals surface area contributed by atoms with Gasteiger partial charge in [0.15, 0.2) is 5.96 Å². The minimum absolute atomic E-state index is 0.0592. The van der Waals surface area contributed by atoms with Crippen molar-refractivity contribution in [3.05, 3.63) is 90.6 Å². The molecule has 0 radical (unpaired) electrons. The second kappa shape index (κ2) is 9.09. The summed E-state index contributed by atoms with van der Waals surface area (Å²) in [5.41, 5.74) is 3.92. The first-order chi connectivity index (χ1) is 14.7. The highest BCUT2D eigenvalue weighted by Crippen LogP contribution is 2.18. The lowest BCUT2D eigenvalue weighted by atomic mass is 10.1. The number of rotatable bonds is 6. The van der Waals surface area contributed by atoms with Crippen LogP contribution in [0.3, 0.4) is 0 Å². The summed E-state index contributed by atoms with van der Waals surface area (Å²) in [5.74, 6) is 1.30. The maximum absolute atomic E-state index is 5.60. The average Bonchev–Trinajstić information content (AvgIpc) is 3.50. The van der Waals surface area contributed by atoms with Crippen LogP contribution in [0.15, 0.2) is 88.7 Å². The van der Waals surface area contributed by atoms with E-state index in [1.165, 1.54) is 0 Å². The van der Waals surface area contributed by atoms with Gasteiger partial charge < -0.3 is 15.1 Å². The van der Waals surface area contributed by atoms with Crippen LogP contribution in [0.25, 0.3) is 17.1 Å². The summed E-state index contributed by atoms with van der Waals surface area (Å²) in [4.78, 5) is 8.87. The second-order valence-corrected chi connectivity index (χ2v) is 6.85. The Kier molecular flexibility index (Phi) is 5.89. The Hall–Kier alpha value is -3.87. The molecule has 0 bridgehead atoms. The third kappa shape index (κ3) is 4.57.